The summed E-state index contributed by atoms with van der Waals surface area (Å²) >= 11 is 12.0. The van der Waals surface area contributed by atoms with Gasteiger partial charge in [0, 0.05) is 13.0 Å². The number of carbonyl (C=O) groups is 1. The first-order valence-electron chi connectivity index (χ1n) is 9.16. The van der Waals surface area contributed by atoms with Crippen LogP contribution in [0.25, 0.3) is 0 Å². The number of hydrogen-bond donors (Lipinski definition) is 1. The lowest BCUT2D eigenvalue weighted by Crippen LogP contribution is -2.56. The zero-order valence-corrected chi connectivity index (χ0v) is 16.0. The fourth-order valence-electron chi connectivity index (χ4n) is 3.93. The quantitative estimate of drug-likeness (QED) is 0.844. The number of likely N-dealkylation sites (tertiary alicyclic amines) is 2. The van der Waals surface area contributed by atoms with Crippen molar-refractivity contribution in [2.75, 3.05) is 26.3 Å². The lowest BCUT2D eigenvalue weighted by atomic mass is 9.92. The van der Waals surface area contributed by atoms with Crippen LogP contribution in [0.4, 0.5) is 0 Å². The van der Waals surface area contributed by atoms with E-state index in [4.69, 9.17) is 23.2 Å². The highest BCUT2D eigenvalue weighted by Crippen LogP contribution is 2.25. The molecule has 4 nitrogen and oxygen atoms in total. The van der Waals surface area contributed by atoms with Crippen LogP contribution in [0.5, 0.6) is 0 Å². The van der Waals surface area contributed by atoms with Crippen LogP contribution in [0.2, 0.25) is 10.0 Å². The van der Waals surface area contributed by atoms with Crippen LogP contribution in [0, 0.1) is 0 Å². The minimum absolute atomic E-state index is 0.0580. The molecule has 2 aliphatic rings. The number of carbonyl (C=O) groups excluding carboxylic acids is 1. The molecule has 0 amide bonds. The first-order valence-corrected chi connectivity index (χ1v) is 9.91. The van der Waals surface area contributed by atoms with Gasteiger partial charge in [-0.15, -0.1) is 0 Å². The van der Waals surface area contributed by atoms with Crippen molar-refractivity contribution in [3.05, 3.63) is 33.8 Å². The molecule has 25 heavy (non-hydrogen) atoms. The second kappa shape index (κ2) is 8.83. The van der Waals surface area contributed by atoms with Crippen LogP contribution in [0.1, 0.15) is 37.7 Å². The predicted molar refractivity (Wildman–Crippen MR) is 101 cm³/mol. The molecule has 3 rings (SSSR count). The summed E-state index contributed by atoms with van der Waals surface area (Å²) in [6, 6.07) is 4.86. The number of nitrogens with zero attached hydrogens (tertiary/aromatic N) is 2. The van der Waals surface area contributed by atoms with Gasteiger partial charge in [0.15, 0.2) is 5.78 Å². The lowest BCUT2D eigenvalue weighted by molar-refractivity contribution is -0.132. The Balaban J connectivity index is 1.68. The van der Waals surface area contributed by atoms with Crippen molar-refractivity contribution in [2.45, 2.75) is 50.7 Å². The van der Waals surface area contributed by atoms with E-state index >= 15 is 0 Å². The van der Waals surface area contributed by atoms with Gasteiger partial charge < -0.3 is 5.11 Å². The standard InChI is InChI=1S/C19H26Cl2N2O2/c20-15-7-6-14(11-16(15)21)12-18(25)19-17(24)5-4-10-23(19)13-22-8-2-1-3-9-22/h6-7,11,17,19,24H,1-5,8-10,12-13H2. The number of piperidine rings is 2. The Kier molecular flexibility index (Phi) is 6.75. The van der Waals surface area contributed by atoms with Gasteiger partial charge in [-0.2, -0.15) is 0 Å². The average molecular weight is 385 g/mol. The SMILES string of the molecule is O=C(Cc1ccc(Cl)c(Cl)c1)C1C(O)CCCN1CN1CCCCC1. The van der Waals surface area contributed by atoms with E-state index < -0.39 is 12.1 Å². The van der Waals surface area contributed by atoms with Crippen LogP contribution >= 0.6 is 23.2 Å². The third-order valence-corrected chi connectivity index (χ3v) is 5.96. The Hall–Kier alpha value is -0.650. The Morgan fingerprint density at radius 3 is 2.56 bits per heavy atom. The summed E-state index contributed by atoms with van der Waals surface area (Å²) in [7, 11) is 0. The molecule has 2 saturated heterocycles. The van der Waals surface area contributed by atoms with Gasteiger partial charge in [-0.05, 0) is 56.5 Å². The molecule has 6 heteroatoms. The van der Waals surface area contributed by atoms with Crippen molar-refractivity contribution >= 4 is 29.0 Å². The number of hydrogen-bond acceptors (Lipinski definition) is 4. The van der Waals surface area contributed by atoms with Gasteiger partial charge >= 0.3 is 0 Å². The van der Waals surface area contributed by atoms with Gasteiger partial charge in [-0.1, -0.05) is 35.7 Å². The van der Waals surface area contributed by atoms with E-state index in [1.807, 2.05) is 6.07 Å². The molecular weight excluding hydrogens is 359 g/mol. The highest BCUT2D eigenvalue weighted by Gasteiger charge is 2.36. The van der Waals surface area contributed by atoms with Crippen LogP contribution in [-0.2, 0) is 11.2 Å². The molecule has 0 aromatic heterocycles. The fourth-order valence-corrected chi connectivity index (χ4v) is 4.25. The Morgan fingerprint density at radius 1 is 1.08 bits per heavy atom. The molecular formula is C19H26Cl2N2O2. The number of aliphatic hydroxyl groups excluding tert-OH is 1. The summed E-state index contributed by atoms with van der Waals surface area (Å²) in [5.74, 6) is 0.0580. The van der Waals surface area contributed by atoms with Gasteiger partial charge in [0.05, 0.1) is 28.9 Å². The second-order valence-corrected chi connectivity index (χ2v) is 7.99. The fraction of sp³-hybridized carbons (Fsp3) is 0.632. The molecule has 1 aromatic rings. The third kappa shape index (κ3) is 4.95. The molecule has 0 saturated carbocycles. The van der Waals surface area contributed by atoms with Crippen molar-refractivity contribution in [1.29, 1.82) is 0 Å². The van der Waals surface area contributed by atoms with Crippen molar-refractivity contribution in [2.24, 2.45) is 0 Å². The summed E-state index contributed by atoms with van der Waals surface area (Å²) in [6.45, 7) is 3.81. The highest BCUT2D eigenvalue weighted by molar-refractivity contribution is 6.42. The lowest BCUT2D eigenvalue weighted by Gasteiger charge is -2.41. The molecule has 0 bridgehead atoms. The van der Waals surface area contributed by atoms with E-state index in [9.17, 15) is 9.90 Å². The number of Topliss-reactive ketones (excluding diaryl/α,β-unsaturated/α-hetero) is 1. The summed E-state index contributed by atoms with van der Waals surface area (Å²) in [4.78, 5) is 17.5. The number of benzene rings is 1. The molecule has 2 aliphatic heterocycles. The van der Waals surface area contributed by atoms with Crippen LogP contribution < -0.4 is 0 Å². The highest BCUT2D eigenvalue weighted by atomic mass is 35.5. The first kappa shape index (κ1) is 19.1. The van der Waals surface area contributed by atoms with E-state index in [0.717, 1.165) is 38.3 Å². The minimum atomic E-state index is -0.589. The molecule has 0 spiro atoms. The maximum atomic E-state index is 12.9. The summed E-state index contributed by atoms with van der Waals surface area (Å²) in [5.41, 5.74) is 0.843. The van der Waals surface area contributed by atoms with E-state index in [1.54, 1.807) is 12.1 Å². The minimum Gasteiger partial charge on any atom is -0.391 e. The van der Waals surface area contributed by atoms with Crippen LogP contribution in [0.15, 0.2) is 18.2 Å². The molecule has 138 valence electrons. The molecule has 2 unspecified atom stereocenters. The molecule has 2 fully saturated rings. The van der Waals surface area contributed by atoms with Gasteiger partial charge in [0.2, 0.25) is 0 Å². The molecule has 0 radical (unpaired) electrons. The predicted octanol–water partition coefficient (Wildman–Crippen LogP) is 3.37. The van der Waals surface area contributed by atoms with E-state index in [2.05, 4.69) is 9.80 Å². The van der Waals surface area contributed by atoms with E-state index in [1.165, 1.54) is 19.3 Å². The van der Waals surface area contributed by atoms with E-state index in [-0.39, 0.29) is 12.2 Å². The zero-order chi connectivity index (χ0) is 17.8. The van der Waals surface area contributed by atoms with Crippen molar-refractivity contribution < 1.29 is 9.90 Å². The van der Waals surface area contributed by atoms with Crippen LogP contribution in [0.3, 0.4) is 0 Å². The number of rotatable bonds is 5. The first-order chi connectivity index (χ1) is 12.0. The Labute approximate surface area is 159 Å². The van der Waals surface area contributed by atoms with Gasteiger partial charge in [0.25, 0.3) is 0 Å². The molecule has 0 aliphatic carbocycles. The molecule has 2 atom stereocenters. The van der Waals surface area contributed by atoms with Gasteiger partial charge in [0.1, 0.15) is 0 Å². The Bertz CT molecular complexity index is 605. The topological polar surface area (TPSA) is 43.8 Å². The maximum absolute atomic E-state index is 12.9. The molecule has 1 N–H and O–H groups in total. The largest absolute Gasteiger partial charge is 0.391 e. The molecule has 1 aromatic carbocycles. The van der Waals surface area contributed by atoms with Crippen molar-refractivity contribution in [3.8, 4) is 0 Å². The molecule has 2 heterocycles. The smallest absolute Gasteiger partial charge is 0.157 e. The van der Waals surface area contributed by atoms with Crippen molar-refractivity contribution in [3.63, 3.8) is 0 Å². The second-order valence-electron chi connectivity index (χ2n) is 7.18. The summed E-state index contributed by atoms with van der Waals surface area (Å²) < 4.78 is 0. The number of halogens is 2. The van der Waals surface area contributed by atoms with Gasteiger partial charge in [-0.3, -0.25) is 14.6 Å². The Morgan fingerprint density at radius 2 is 1.84 bits per heavy atom. The average Bonchev–Trinajstić information content (AvgIpc) is 2.59. The van der Waals surface area contributed by atoms with E-state index in [0.29, 0.717) is 16.5 Å². The normalized spacial score (nSPS) is 25.9. The third-order valence-electron chi connectivity index (χ3n) is 5.23. The van der Waals surface area contributed by atoms with Crippen molar-refractivity contribution in [1.82, 2.24) is 9.80 Å². The summed E-state index contributed by atoms with van der Waals surface area (Å²) in [6.07, 6.45) is 5.04. The van der Waals surface area contributed by atoms with Crippen LogP contribution in [-0.4, -0.2) is 59.1 Å². The maximum Gasteiger partial charge on any atom is 0.157 e. The number of ketones is 1. The number of aliphatic hydroxyl groups is 1. The monoisotopic (exact) mass is 384 g/mol. The van der Waals surface area contributed by atoms with Gasteiger partial charge in [-0.25, -0.2) is 0 Å². The summed E-state index contributed by atoms with van der Waals surface area (Å²) in [5, 5.41) is 11.4. The zero-order valence-electron chi connectivity index (χ0n) is 14.5.